The Balaban J connectivity index is 1.79. The zero-order chi connectivity index (χ0) is 26.1. The molecule has 8 nitrogen and oxygen atoms in total. The van der Waals surface area contributed by atoms with E-state index in [1.807, 2.05) is 50.2 Å². The normalized spacial score (nSPS) is 11.6. The maximum absolute atomic E-state index is 12.9. The number of aromatic nitrogens is 1. The highest BCUT2D eigenvalue weighted by Gasteiger charge is 2.18. The van der Waals surface area contributed by atoms with Crippen molar-refractivity contribution in [2.45, 2.75) is 46.5 Å². The third kappa shape index (κ3) is 7.04. The Morgan fingerprint density at radius 1 is 1.06 bits per heavy atom. The summed E-state index contributed by atoms with van der Waals surface area (Å²) < 4.78 is 11.1. The van der Waals surface area contributed by atoms with E-state index in [0.717, 1.165) is 23.1 Å². The maximum Gasteiger partial charge on any atom is 0.306 e. The van der Waals surface area contributed by atoms with E-state index >= 15 is 0 Å². The van der Waals surface area contributed by atoms with Gasteiger partial charge in [-0.1, -0.05) is 44.2 Å². The van der Waals surface area contributed by atoms with E-state index in [4.69, 9.17) is 14.6 Å². The first kappa shape index (κ1) is 26.7. The fraction of sp³-hybridized carbons (Fsp3) is 0.357. The van der Waals surface area contributed by atoms with Crippen LogP contribution in [0.15, 0.2) is 48.7 Å². The number of anilines is 2. The number of Topliss-reactive ketones (excluding diaryl/α,β-unsaturated/α-hetero) is 1. The van der Waals surface area contributed by atoms with Crippen LogP contribution in [0.25, 0.3) is 10.9 Å². The van der Waals surface area contributed by atoms with E-state index in [9.17, 15) is 14.4 Å². The lowest BCUT2D eigenvalue weighted by Crippen LogP contribution is -2.16. The molecule has 1 aromatic heterocycles. The van der Waals surface area contributed by atoms with Crippen molar-refractivity contribution in [3.05, 3.63) is 59.8 Å². The van der Waals surface area contributed by atoms with Crippen LogP contribution in [-0.2, 0) is 14.3 Å². The first-order valence-electron chi connectivity index (χ1n) is 12.1. The average molecular weight is 493 g/mol. The van der Waals surface area contributed by atoms with Crippen LogP contribution in [0.2, 0.25) is 0 Å². The Bertz CT molecular complexity index is 1240. The largest absolute Gasteiger partial charge is 0.488 e. The van der Waals surface area contributed by atoms with Crippen LogP contribution >= 0.6 is 0 Å². The van der Waals surface area contributed by atoms with Crippen molar-refractivity contribution >= 4 is 40.0 Å². The molecule has 0 radical (unpaired) electrons. The molecule has 3 aromatic rings. The lowest BCUT2D eigenvalue weighted by atomic mass is 10.0. The number of carbonyl (C=O) groups is 3. The number of hydrogen-bond donors (Lipinski definition) is 2. The van der Waals surface area contributed by atoms with Crippen molar-refractivity contribution in [1.82, 2.24) is 4.98 Å². The molecule has 190 valence electrons. The van der Waals surface area contributed by atoms with E-state index in [0.29, 0.717) is 28.9 Å². The summed E-state index contributed by atoms with van der Waals surface area (Å²) in [6, 6.07) is 13.3. The number of carboxylic acids is 1. The second kappa shape index (κ2) is 12.7. The number of esters is 1. The van der Waals surface area contributed by atoms with Gasteiger partial charge in [-0.2, -0.15) is 0 Å². The minimum absolute atomic E-state index is 0.0124. The number of aryl methyl sites for hydroxylation is 1. The molecule has 0 aliphatic heterocycles. The van der Waals surface area contributed by atoms with E-state index in [2.05, 4.69) is 10.3 Å². The molecule has 0 saturated heterocycles. The van der Waals surface area contributed by atoms with Crippen LogP contribution in [0.5, 0.6) is 5.75 Å². The molecule has 0 saturated carbocycles. The topological polar surface area (TPSA) is 115 Å². The van der Waals surface area contributed by atoms with Crippen molar-refractivity contribution < 1.29 is 29.0 Å². The Morgan fingerprint density at radius 3 is 2.56 bits per heavy atom. The summed E-state index contributed by atoms with van der Waals surface area (Å²) in [7, 11) is 0. The SMILES string of the molecule is CCCC(=O)c1cnc2c(OCCOC(=O)CC(C)CC(=O)O)cccc2c1Nc1ccccc1C. The lowest BCUT2D eigenvalue weighted by molar-refractivity contribution is -0.146. The number of aliphatic carboxylic acids is 1. The van der Waals surface area contributed by atoms with Gasteiger partial charge in [-0.25, -0.2) is 0 Å². The quantitative estimate of drug-likeness (QED) is 0.178. The van der Waals surface area contributed by atoms with Gasteiger partial charge in [-0.15, -0.1) is 0 Å². The van der Waals surface area contributed by atoms with Crippen molar-refractivity contribution in [3.63, 3.8) is 0 Å². The molecular weight excluding hydrogens is 460 g/mol. The fourth-order valence-electron chi connectivity index (χ4n) is 3.89. The predicted molar refractivity (Wildman–Crippen MR) is 138 cm³/mol. The maximum atomic E-state index is 12.9. The number of nitrogens with zero attached hydrogens (tertiary/aromatic N) is 1. The summed E-state index contributed by atoms with van der Waals surface area (Å²) in [4.78, 5) is 40.1. The highest BCUT2D eigenvalue weighted by atomic mass is 16.6. The average Bonchev–Trinajstić information content (AvgIpc) is 2.83. The molecular formula is C28H32N2O6. The van der Waals surface area contributed by atoms with Crippen molar-refractivity contribution in [3.8, 4) is 5.75 Å². The smallest absolute Gasteiger partial charge is 0.306 e. The molecule has 3 rings (SSSR count). The van der Waals surface area contributed by atoms with Crippen molar-refractivity contribution in [2.24, 2.45) is 5.92 Å². The Kier molecular flexibility index (Phi) is 9.39. The summed E-state index contributed by atoms with van der Waals surface area (Å²) >= 11 is 0. The molecule has 36 heavy (non-hydrogen) atoms. The molecule has 2 N–H and O–H groups in total. The first-order valence-corrected chi connectivity index (χ1v) is 12.1. The minimum atomic E-state index is -0.946. The zero-order valence-electron chi connectivity index (χ0n) is 20.9. The molecule has 0 fully saturated rings. The molecule has 0 amide bonds. The van der Waals surface area contributed by atoms with Gasteiger partial charge in [0.1, 0.15) is 24.5 Å². The number of carboxylic acid groups (broad SMARTS) is 1. The number of fused-ring (bicyclic) bond motifs is 1. The predicted octanol–water partition coefficient (Wildman–Crippen LogP) is 5.69. The highest BCUT2D eigenvalue weighted by molar-refractivity contribution is 6.09. The number of ether oxygens (including phenoxy) is 2. The van der Waals surface area contributed by atoms with E-state index < -0.39 is 11.9 Å². The zero-order valence-corrected chi connectivity index (χ0v) is 20.9. The van der Waals surface area contributed by atoms with Crippen LogP contribution in [-0.4, -0.2) is 41.0 Å². The molecule has 1 unspecified atom stereocenters. The monoisotopic (exact) mass is 492 g/mol. The van der Waals surface area contributed by atoms with Crippen LogP contribution in [0.1, 0.15) is 55.5 Å². The van der Waals surface area contributed by atoms with Crippen molar-refractivity contribution in [2.75, 3.05) is 18.5 Å². The third-order valence-electron chi connectivity index (χ3n) is 5.68. The number of carbonyl (C=O) groups excluding carboxylic acids is 2. The van der Waals surface area contributed by atoms with Gasteiger partial charge in [0.05, 0.1) is 11.3 Å². The second-order valence-corrected chi connectivity index (χ2v) is 8.79. The van der Waals surface area contributed by atoms with Crippen LogP contribution in [0, 0.1) is 12.8 Å². The molecule has 8 heteroatoms. The van der Waals surface area contributed by atoms with Gasteiger partial charge in [0.15, 0.2) is 5.78 Å². The summed E-state index contributed by atoms with van der Waals surface area (Å²) in [6.45, 7) is 5.78. The van der Waals surface area contributed by atoms with Crippen molar-refractivity contribution in [1.29, 1.82) is 0 Å². The van der Waals surface area contributed by atoms with Gasteiger partial charge in [0, 0.05) is 36.5 Å². The van der Waals surface area contributed by atoms with Gasteiger partial charge in [-0.05, 0) is 37.0 Å². The van der Waals surface area contributed by atoms with Crippen LogP contribution in [0.3, 0.4) is 0 Å². The second-order valence-electron chi connectivity index (χ2n) is 8.79. The molecule has 0 aliphatic carbocycles. The summed E-state index contributed by atoms with van der Waals surface area (Å²) in [5, 5.41) is 13.0. The molecule has 1 heterocycles. The fourth-order valence-corrected chi connectivity index (χ4v) is 3.89. The number of rotatable bonds is 13. The number of nitrogens with one attached hydrogen (secondary N) is 1. The Hall–Kier alpha value is -3.94. The summed E-state index contributed by atoms with van der Waals surface area (Å²) in [5.74, 6) is -1.20. The van der Waals surface area contributed by atoms with Gasteiger partial charge in [0.25, 0.3) is 0 Å². The number of hydrogen-bond acceptors (Lipinski definition) is 7. The number of pyridine rings is 1. The number of ketones is 1. The Morgan fingerprint density at radius 2 is 1.83 bits per heavy atom. The third-order valence-corrected chi connectivity index (χ3v) is 5.68. The highest BCUT2D eigenvalue weighted by Crippen LogP contribution is 2.35. The summed E-state index contributed by atoms with van der Waals surface area (Å²) in [5.41, 5.74) is 3.73. The minimum Gasteiger partial charge on any atom is -0.488 e. The standard InChI is InChI=1S/C28H32N2O6/c1-4-8-23(31)21-17-29-28-20(27(21)30-22-11-6-5-9-19(22)3)10-7-12-24(28)35-13-14-36-26(34)16-18(2)15-25(32)33/h5-7,9-12,17-18H,4,8,13-16H2,1-3H3,(H,29,30)(H,32,33). The van der Waals surface area contributed by atoms with Gasteiger partial charge < -0.3 is 19.9 Å². The van der Waals surface area contributed by atoms with E-state index in [1.165, 1.54) is 0 Å². The van der Waals surface area contributed by atoms with Gasteiger partial charge in [0.2, 0.25) is 0 Å². The Labute approximate surface area is 210 Å². The summed E-state index contributed by atoms with van der Waals surface area (Å²) in [6.07, 6.45) is 2.68. The van der Waals surface area contributed by atoms with Crippen LogP contribution < -0.4 is 10.1 Å². The molecule has 0 bridgehead atoms. The van der Waals surface area contributed by atoms with Gasteiger partial charge >= 0.3 is 11.9 Å². The molecule has 2 aromatic carbocycles. The molecule has 0 aliphatic rings. The van der Waals surface area contributed by atoms with E-state index in [-0.39, 0.29) is 37.8 Å². The first-order chi connectivity index (χ1) is 17.3. The number of benzene rings is 2. The van der Waals surface area contributed by atoms with Crippen LogP contribution in [0.4, 0.5) is 11.4 Å². The lowest BCUT2D eigenvalue weighted by Gasteiger charge is -2.17. The van der Waals surface area contributed by atoms with E-state index in [1.54, 1.807) is 19.2 Å². The molecule has 0 spiro atoms. The number of para-hydroxylation sites is 2. The molecule has 1 atom stereocenters. The van der Waals surface area contributed by atoms with Gasteiger partial charge in [-0.3, -0.25) is 19.4 Å².